The van der Waals surface area contributed by atoms with Gasteiger partial charge in [-0.3, -0.25) is 9.69 Å². The molecule has 0 radical (unpaired) electrons. The summed E-state index contributed by atoms with van der Waals surface area (Å²) in [6.45, 7) is 9.64. The van der Waals surface area contributed by atoms with Gasteiger partial charge in [0.15, 0.2) is 0 Å². The summed E-state index contributed by atoms with van der Waals surface area (Å²) in [4.78, 5) is 15.4. The van der Waals surface area contributed by atoms with E-state index in [0.717, 1.165) is 30.8 Å². The fourth-order valence-electron chi connectivity index (χ4n) is 4.12. The molecule has 29 heavy (non-hydrogen) atoms. The van der Waals surface area contributed by atoms with Gasteiger partial charge in [0.25, 0.3) is 5.91 Å². The van der Waals surface area contributed by atoms with Crippen molar-refractivity contribution < 1.29 is 9.53 Å². The van der Waals surface area contributed by atoms with Gasteiger partial charge in [0.1, 0.15) is 0 Å². The zero-order valence-corrected chi connectivity index (χ0v) is 17.5. The molecule has 1 amide bonds. The summed E-state index contributed by atoms with van der Waals surface area (Å²) in [6, 6.07) is 14.8. The fourth-order valence-corrected chi connectivity index (χ4v) is 4.12. The lowest BCUT2D eigenvalue weighted by atomic mass is 9.93. The van der Waals surface area contributed by atoms with Crippen molar-refractivity contribution in [1.29, 1.82) is 0 Å². The van der Waals surface area contributed by atoms with Crippen molar-refractivity contribution in [2.24, 2.45) is 5.10 Å². The third-order valence-corrected chi connectivity index (χ3v) is 5.77. The first-order valence-corrected chi connectivity index (χ1v) is 10.3. The average Bonchev–Trinajstić information content (AvgIpc) is 3.16. The third-order valence-electron chi connectivity index (χ3n) is 5.77. The summed E-state index contributed by atoms with van der Waals surface area (Å²) < 4.78 is 5.42. The van der Waals surface area contributed by atoms with E-state index in [9.17, 15) is 4.79 Å². The van der Waals surface area contributed by atoms with Crippen LogP contribution in [0.3, 0.4) is 0 Å². The number of carbonyl (C=O) groups excluding carboxylic acids is 1. The van der Waals surface area contributed by atoms with Gasteiger partial charge in [0.2, 0.25) is 0 Å². The molecule has 2 heterocycles. The minimum Gasteiger partial charge on any atom is -0.379 e. The van der Waals surface area contributed by atoms with Gasteiger partial charge < -0.3 is 4.74 Å². The molecule has 2 aliphatic rings. The van der Waals surface area contributed by atoms with Crippen molar-refractivity contribution in [2.45, 2.75) is 33.2 Å². The first-order chi connectivity index (χ1) is 14.0. The number of benzene rings is 2. The number of nitrogens with zero attached hydrogens (tertiary/aromatic N) is 3. The molecule has 1 unspecified atom stereocenters. The van der Waals surface area contributed by atoms with Crippen molar-refractivity contribution in [1.82, 2.24) is 9.91 Å². The predicted molar refractivity (Wildman–Crippen MR) is 115 cm³/mol. The Morgan fingerprint density at radius 3 is 2.59 bits per heavy atom. The van der Waals surface area contributed by atoms with Crippen LogP contribution in [0.4, 0.5) is 0 Å². The van der Waals surface area contributed by atoms with Crippen molar-refractivity contribution in [2.75, 3.05) is 32.8 Å². The third kappa shape index (κ3) is 4.41. The molecule has 5 nitrogen and oxygen atoms in total. The molecule has 2 aliphatic heterocycles. The van der Waals surface area contributed by atoms with E-state index in [-0.39, 0.29) is 11.9 Å². The molecule has 0 saturated carbocycles. The van der Waals surface area contributed by atoms with Crippen molar-refractivity contribution in [3.63, 3.8) is 0 Å². The standard InChI is InChI=1S/C24H29N3O2/c1-17-5-4-6-20(13-17)22-15-23(21-14-18(2)7-8-19(21)3)27(25-22)24(28)16-26-9-11-29-12-10-26/h4-8,13-14,23H,9-12,15-16H2,1-3H3. The molecular formula is C24H29N3O2. The van der Waals surface area contributed by atoms with Gasteiger partial charge in [-0.15, -0.1) is 0 Å². The lowest BCUT2D eigenvalue weighted by Gasteiger charge is -2.29. The van der Waals surface area contributed by atoms with E-state index in [1.807, 2.05) is 0 Å². The summed E-state index contributed by atoms with van der Waals surface area (Å²) >= 11 is 0. The summed E-state index contributed by atoms with van der Waals surface area (Å²) in [6.07, 6.45) is 0.739. The molecule has 2 aromatic carbocycles. The van der Waals surface area contributed by atoms with E-state index < -0.39 is 0 Å². The van der Waals surface area contributed by atoms with Gasteiger partial charge in [-0.05, 0) is 37.5 Å². The van der Waals surface area contributed by atoms with Crippen LogP contribution in [-0.2, 0) is 9.53 Å². The number of aryl methyl sites for hydroxylation is 3. The fraction of sp³-hybridized carbons (Fsp3) is 0.417. The van der Waals surface area contributed by atoms with Crippen LogP contribution in [0.5, 0.6) is 0 Å². The maximum atomic E-state index is 13.3. The first-order valence-electron chi connectivity index (χ1n) is 10.3. The number of ether oxygens (including phenoxy) is 1. The first kappa shape index (κ1) is 19.8. The summed E-state index contributed by atoms with van der Waals surface area (Å²) in [5.41, 5.74) is 6.87. The van der Waals surface area contributed by atoms with E-state index in [2.05, 4.69) is 68.1 Å². The van der Waals surface area contributed by atoms with E-state index in [1.165, 1.54) is 22.3 Å². The van der Waals surface area contributed by atoms with Gasteiger partial charge in [0.05, 0.1) is 31.5 Å². The average molecular weight is 392 g/mol. The number of hydrogen-bond acceptors (Lipinski definition) is 4. The normalized spacial score (nSPS) is 20.0. The van der Waals surface area contributed by atoms with Gasteiger partial charge in [-0.1, -0.05) is 53.6 Å². The highest BCUT2D eigenvalue weighted by atomic mass is 16.5. The van der Waals surface area contributed by atoms with Crippen LogP contribution in [0, 0.1) is 20.8 Å². The smallest absolute Gasteiger partial charge is 0.257 e. The van der Waals surface area contributed by atoms with Crippen LogP contribution in [0.2, 0.25) is 0 Å². The van der Waals surface area contributed by atoms with E-state index in [0.29, 0.717) is 19.8 Å². The minimum absolute atomic E-state index is 0.0560. The Kier molecular flexibility index (Phi) is 5.79. The number of rotatable bonds is 4. The highest BCUT2D eigenvalue weighted by Crippen LogP contribution is 2.35. The Bertz CT molecular complexity index is 931. The molecule has 5 heteroatoms. The van der Waals surface area contributed by atoms with Crippen molar-refractivity contribution in [3.05, 3.63) is 70.3 Å². The summed E-state index contributed by atoms with van der Waals surface area (Å²) in [5, 5.41) is 6.57. The lowest BCUT2D eigenvalue weighted by Crippen LogP contribution is -2.43. The molecule has 0 aromatic heterocycles. The largest absolute Gasteiger partial charge is 0.379 e. The Morgan fingerprint density at radius 2 is 1.83 bits per heavy atom. The molecule has 0 N–H and O–H groups in total. The molecule has 152 valence electrons. The zero-order valence-electron chi connectivity index (χ0n) is 17.5. The molecular weight excluding hydrogens is 362 g/mol. The highest BCUT2D eigenvalue weighted by Gasteiger charge is 2.34. The van der Waals surface area contributed by atoms with Crippen LogP contribution < -0.4 is 0 Å². The molecule has 0 spiro atoms. The van der Waals surface area contributed by atoms with Crippen LogP contribution >= 0.6 is 0 Å². The lowest BCUT2D eigenvalue weighted by molar-refractivity contribution is -0.135. The predicted octanol–water partition coefficient (Wildman–Crippen LogP) is 3.62. The van der Waals surface area contributed by atoms with Gasteiger partial charge in [0, 0.05) is 19.5 Å². The highest BCUT2D eigenvalue weighted by molar-refractivity contribution is 6.03. The zero-order chi connectivity index (χ0) is 20.4. The van der Waals surface area contributed by atoms with Crippen LogP contribution in [-0.4, -0.2) is 54.4 Å². The molecule has 0 aliphatic carbocycles. The van der Waals surface area contributed by atoms with Crippen LogP contribution in [0.1, 0.15) is 40.3 Å². The maximum absolute atomic E-state index is 13.3. The number of morpholine rings is 1. The van der Waals surface area contributed by atoms with Crippen LogP contribution in [0.15, 0.2) is 47.6 Å². The van der Waals surface area contributed by atoms with Crippen molar-refractivity contribution >= 4 is 11.6 Å². The maximum Gasteiger partial charge on any atom is 0.257 e. The van der Waals surface area contributed by atoms with Gasteiger partial charge in [-0.2, -0.15) is 5.10 Å². The van der Waals surface area contributed by atoms with Crippen LogP contribution in [0.25, 0.3) is 0 Å². The number of carbonyl (C=O) groups is 1. The Hall–Kier alpha value is -2.50. The minimum atomic E-state index is -0.0565. The molecule has 1 fully saturated rings. The molecule has 1 atom stereocenters. The second-order valence-corrected chi connectivity index (χ2v) is 8.12. The van der Waals surface area contributed by atoms with Gasteiger partial charge >= 0.3 is 0 Å². The molecule has 1 saturated heterocycles. The Balaban J connectivity index is 1.65. The van der Waals surface area contributed by atoms with E-state index >= 15 is 0 Å². The molecule has 2 aromatic rings. The number of amides is 1. The van der Waals surface area contributed by atoms with E-state index in [1.54, 1.807) is 5.01 Å². The van der Waals surface area contributed by atoms with Gasteiger partial charge in [-0.25, -0.2) is 5.01 Å². The SMILES string of the molecule is Cc1cccc(C2=NN(C(=O)CN3CCOCC3)C(c3cc(C)ccc3C)C2)c1. The Morgan fingerprint density at radius 1 is 1.07 bits per heavy atom. The summed E-state index contributed by atoms with van der Waals surface area (Å²) in [5.74, 6) is 0.0560. The second kappa shape index (κ2) is 8.47. The Labute approximate surface area is 173 Å². The molecule has 4 rings (SSSR count). The quantitative estimate of drug-likeness (QED) is 0.800. The second-order valence-electron chi connectivity index (χ2n) is 8.12. The topological polar surface area (TPSA) is 45.1 Å². The monoisotopic (exact) mass is 391 g/mol. The van der Waals surface area contributed by atoms with Crippen molar-refractivity contribution in [3.8, 4) is 0 Å². The van der Waals surface area contributed by atoms with E-state index in [4.69, 9.17) is 9.84 Å². The number of hydrazone groups is 1. The summed E-state index contributed by atoms with van der Waals surface area (Å²) in [7, 11) is 0. The molecule has 0 bridgehead atoms. The number of hydrogen-bond donors (Lipinski definition) is 0.